The molecule has 0 radical (unpaired) electrons. The first-order valence-corrected chi connectivity index (χ1v) is 7.19. The Morgan fingerprint density at radius 1 is 1.58 bits per heavy atom. The molecule has 100 valence electrons. The van der Waals surface area contributed by atoms with Crippen molar-refractivity contribution in [3.63, 3.8) is 0 Å². The molecule has 0 saturated heterocycles. The third-order valence-electron chi connectivity index (χ3n) is 2.64. The lowest BCUT2D eigenvalue weighted by molar-refractivity contribution is 0.0783. The minimum absolute atomic E-state index is 0.122. The van der Waals surface area contributed by atoms with Gasteiger partial charge in [0.2, 0.25) is 5.43 Å². The number of hydrogen-bond acceptors (Lipinski definition) is 4. The summed E-state index contributed by atoms with van der Waals surface area (Å²) in [5.41, 5.74) is 0.521. The van der Waals surface area contributed by atoms with Crippen LogP contribution in [0.2, 0.25) is 0 Å². The minimum atomic E-state index is -0.322. The van der Waals surface area contributed by atoms with Crippen LogP contribution in [0.15, 0.2) is 27.0 Å². The molecule has 0 aromatic carbocycles. The highest BCUT2D eigenvalue weighted by Crippen LogP contribution is 2.12. The first-order chi connectivity index (χ1) is 9.00. The van der Waals surface area contributed by atoms with Gasteiger partial charge < -0.3 is 9.88 Å². The van der Waals surface area contributed by atoms with Gasteiger partial charge in [0.25, 0.3) is 5.91 Å². The largest absolute Gasteiger partial charge is 0.363 e. The molecule has 0 spiro atoms. The molecule has 2 aromatic rings. The van der Waals surface area contributed by atoms with Gasteiger partial charge in [-0.1, -0.05) is 0 Å². The van der Waals surface area contributed by atoms with Crippen LogP contribution in [0.25, 0.3) is 0 Å². The summed E-state index contributed by atoms with van der Waals surface area (Å²) in [5.74, 6) is -0.322. The second-order valence-electron chi connectivity index (χ2n) is 4.06. The number of halogens is 1. The van der Waals surface area contributed by atoms with Gasteiger partial charge >= 0.3 is 0 Å². The van der Waals surface area contributed by atoms with E-state index in [0.717, 1.165) is 5.01 Å². The number of rotatable bonds is 3. The summed E-state index contributed by atoms with van der Waals surface area (Å²) in [6, 6.07) is 0. The number of aromatic nitrogens is 2. The fourth-order valence-corrected chi connectivity index (χ4v) is 2.56. The highest BCUT2D eigenvalue weighted by atomic mass is 79.9. The topological polar surface area (TPSA) is 66.1 Å². The molecule has 0 saturated carbocycles. The summed E-state index contributed by atoms with van der Waals surface area (Å²) in [4.78, 5) is 32.7. The third kappa shape index (κ3) is 2.93. The number of carbonyl (C=O) groups is 1. The molecule has 0 unspecified atom stereocenters. The van der Waals surface area contributed by atoms with Gasteiger partial charge in [-0.3, -0.25) is 9.59 Å². The van der Waals surface area contributed by atoms with Crippen molar-refractivity contribution < 1.29 is 4.79 Å². The van der Waals surface area contributed by atoms with Gasteiger partial charge in [-0.15, -0.1) is 11.3 Å². The zero-order valence-electron chi connectivity index (χ0n) is 10.4. The first kappa shape index (κ1) is 14.0. The maximum Gasteiger partial charge on any atom is 0.259 e. The van der Waals surface area contributed by atoms with Crippen molar-refractivity contribution in [2.45, 2.75) is 13.5 Å². The van der Waals surface area contributed by atoms with Gasteiger partial charge in [-0.2, -0.15) is 0 Å². The number of aromatic amines is 1. The summed E-state index contributed by atoms with van der Waals surface area (Å²) in [5, 5.41) is 2.68. The van der Waals surface area contributed by atoms with Gasteiger partial charge in [-0.05, 0) is 22.9 Å². The maximum absolute atomic E-state index is 12.2. The molecule has 0 atom stereocenters. The molecule has 7 heteroatoms. The summed E-state index contributed by atoms with van der Waals surface area (Å²) in [6.07, 6.45) is 3.14. The fourth-order valence-electron chi connectivity index (χ4n) is 1.57. The molecule has 2 heterocycles. The number of nitrogens with zero attached hydrogens (tertiary/aromatic N) is 2. The monoisotopic (exact) mass is 341 g/mol. The normalized spacial score (nSPS) is 10.5. The predicted octanol–water partition coefficient (Wildman–Crippen LogP) is 2.17. The van der Waals surface area contributed by atoms with Crippen molar-refractivity contribution in [2.75, 3.05) is 7.05 Å². The number of aryl methyl sites for hydroxylation is 1. The van der Waals surface area contributed by atoms with E-state index < -0.39 is 0 Å². The van der Waals surface area contributed by atoms with Gasteiger partial charge in [0.15, 0.2) is 0 Å². The molecule has 1 N–H and O–H groups in total. The Balaban J connectivity index is 2.25. The van der Waals surface area contributed by atoms with Crippen LogP contribution in [-0.4, -0.2) is 27.8 Å². The van der Waals surface area contributed by atoms with Gasteiger partial charge in [0.1, 0.15) is 10.6 Å². The van der Waals surface area contributed by atoms with Crippen molar-refractivity contribution in [1.82, 2.24) is 14.9 Å². The fraction of sp³-hybridized carbons (Fsp3) is 0.250. The highest BCUT2D eigenvalue weighted by molar-refractivity contribution is 9.10. The van der Waals surface area contributed by atoms with Crippen LogP contribution in [0.4, 0.5) is 0 Å². The number of thiazole rings is 1. The number of H-pyrrole nitrogens is 1. The molecule has 0 bridgehead atoms. The lowest BCUT2D eigenvalue weighted by Gasteiger charge is -2.15. The predicted molar refractivity (Wildman–Crippen MR) is 77.4 cm³/mol. The SMILES string of the molecule is Cc1[nH]cc(C(=O)N(C)Cc2nccs2)c(=O)c1Br. The Labute approximate surface area is 122 Å². The van der Waals surface area contributed by atoms with E-state index in [-0.39, 0.29) is 16.9 Å². The summed E-state index contributed by atoms with van der Waals surface area (Å²) in [6.45, 7) is 2.15. The number of pyridine rings is 1. The second kappa shape index (κ2) is 5.66. The zero-order chi connectivity index (χ0) is 14.0. The Kier molecular flexibility index (Phi) is 4.16. The van der Waals surface area contributed by atoms with Crippen molar-refractivity contribution in [3.8, 4) is 0 Å². The van der Waals surface area contributed by atoms with E-state index in [9.17, 15) is 9.59 Å². The average Bonchev–Trinajstić information content (AvgIpc) is 2.88. The van der Waals surface area contributed by atoms with E-state index in [1.807, 2.05) is 5.38 Å². The lowest BCUT2D eigenvalue weighted by Crippen LogP contribution is -2.31. The van der Waals surface area contributed by atoms with E-state index in [4.69, 9.17) is 0 Å². The van der Waals surface area contributed by atoms with Crippen LogP contribution in [0, 0.1) is 6.92 Å². The van der Waals surface area contributed by atoms with Crippen LogP contribution in [-0.2, 0) is 6.54 Å². The molecule has 2 aromatic heterocycles. The lowest BCUT2D eigenvalue weighted by atomic mass is 10.2. The number of amides is 1. The molecular weight excluding hydrogens is 330 g/mol. The van der Waals surface area contributed by atoms with E-state index in [1.165, 1.54) is 22.4 Å². The molecule has 19 heavy (non-hydrogen) atoms. The molecule has 2 rings (SSSR count). The van der Waals surface area contributed by atoms with Crippen LogP contribution in [0.5, 0.6) is 0 Å². The molecule has 1 amide bonds. The van der Waals surface area contributed by atoms with Crippen molar-refractivity contribution in [3.05, 3.63) is 48.7 Å². The van der Waals surface area contributed by atoms with Crippen LogP contribution in [0.1, 0.15) is 21.1 Å². The number of carbonyl (C=O) groups excluding carboxylic acids is 1. The van der Waals surface area contributed by atoms with Gasteiger partial charge in [-0.25, -0.2) is 4.98 Å². The van der Waals surface area contributed by atoms with E-state index in [0.29, 0.717) is 16.7 Å². The van der Waals surface area contributed by atoms with Crippen LogP contribution < -0.4 is 5.43 Å². The molecule has 5 nitrogen and oxygen atoms in total. The van der Waals surface area contributed by atoms with E-state index >= 15 is 0 Å². The molecule has 0 aliphatic heterocycles. The smallest absolute Gasteiger partial charge is 0.259 e. The van der Waals surface area contributed by atoms with Crippen LogP contribution in [0.3, 0.4) is 0 Å². The molecule has 0 fully saturated rings. The number of hydrogen-bond donors (Lipinski definition) is 1. The Hall–Kier alpha value is -1.47. The third-order valence-corrected chi connectivity index (χ3v) is 4.36. The minimum Gasteiger partial charge on any atom is -0.363 e. The molecular formula is C12H12BrN3O2S. The van der Waals surface area contributed by atoms with E-state index in [2.05, 4.69) is 25.9 Å². The maximum atomic E-state index is 12.2. The standard InChI is InChI=1S/C12H12BrN3O2S/c1-7-10(13)11(17)8(5-15-7)12(18)16(2)6-9-14-3-4-19-9/h3-5H,6H2,1-2H3,(H,15,17). The van der Waals surface area contributed by atoms with Crippen LogP contribution >= 0.6 is 27.3 Å². The first-order valence-electron chi connectivity index (χ1n) is 5.52. The summed E-state index contributed by atoms with van der Waals surface area (Å²) in [7, 11) is 1.65. The summed E-state index contributed by atoms with van der Waals surface area (Å²) >= 11 is 4.66. The zero-order valence-corrected chi connectivity index (χ0v) is 12.8. The Morgan fingerprint density at radius 2 is 2.32 bits per heavy atom. The molecule has 0 aliphatic carbocycles. The Morgan fingerprint density at radius 3 is 2.95 bits per heavy atom. The van der Waals surface area contributed by atoms with Crippen molar-refractivity contribution in [2.24, 2.45) is 0 Å². The van der Waals surface area contributed by atoms with Gasteiger partial charge in [0, 0.05) is 30.5 Å². The number of nitrogens with one attached hydrogen (secondary N) is 1. The highest BCUT2D eigenvalue weighted by Gasteiger charge is 2.18. The van der Waals surface area contributed by atoms with E-state index in [1.54, 1.807) is 20.2 Å². The molecule has 0 aliphatic rings. The average molecular weight is 342 g/mol. The van der Waals surface area contributed by atoms with Crippen molar-refractivity contribution in [1.29, 1.82) is 0 Å². The quantitative estimate of drug-likeness (QED) is 0.930. The van der Waals surface area contributed by atoms with Gasteiger partial charge in [0.05, 0.1) is 11.0 Å². The van der Waals surface area contributed by atoms with Crippen molar-refractivity contribution >= 4 is 33.2 Å². The second-order valence-corrected chi connectivity index (χ2v) is 5.83. The Bertz CT molecular complexity index is 651. The summed E-state index contributed by atoms with van der Waals surface area (Å²) < 4.78 is 0.390.